The first kappa shape index (κ1) is 11.7. The lowest BCUT2D eigenvalue weighted by atomic mass is 10.1. The van der Waals surface area contributed by atoms with Crippen LogP contribution in [0.15, 0.2) is 11.5 Å². The number of nitrogens with zero attached hydrogens (tertiary/aromatic N) is 2. The lowest BCUT2D eigenvalue weighted by Crippen LogP contribution is -2.60. The first-order valence-corrected chi connectivity index (χ1v) is 7.70. The molecule has 0 aromatic rings. The largest absolute Gasteiger partial charge is 0.329 e. The molecule has 2 fully saturated rings. The average Bonchev–Trinajstić information content (AvgIpc) is 2.90. The molecule has 98 valence electrons. The van der Waals surface area contributed by atoms with E-state index in [1.54, 1.807) is 4.90 Å². The molecular weight excluding hydrogens is 256 g/mol. The molecule has 2 atom stereocenters. The summed E-state index contributed by atoms with van der Waals surface area (Å²) >= 11 is 0. The Bertz CT molecular complexity index is 539. The molecule has 0 aliphatic carbocycles. The molecule has 0 saturated carbocycles. The first-order chi connectivity index (χ1) is 8.48. The van der Waals surface area contributed by atoms with Crippen molar-refractivity contribution in [2.24, 2.45) is 0 Å². The SMILES string of the molecule is O=C1C2CCCN2C(=O)CN1C1C=CS(=O)(=O)C1. The highest BCUT2D eigenvalue weighted by molar-refractivity contribution is 7.94. The van der Waals surface area contributed by atoms with Gasteiger partial charge in [-0.2, -0.15) is 0 Å². The minimum atomic E-state index is -3.21. The molecule has 3 heterocycles. The Kier molecular flexibility index (Phi) is 2.48. The Balaban J connectivity index is 1.84. The highest BCUT2D eigenvalue weighted by Gasteiger charge is 2.44. The van der Waals surface area contributed by atoms with Gasteiger partial charge in [0.1, 0.15) is 12.6 Å². The van der Waals surface area contributed by atoms with Crippen molar-refractivity contribution in [3.63, 3.8) is 0 Å². The Hall–Kier alpha value is -1.37. The molecule has 7 heteroatoms. The number of rotatable bonds is 1. The molecule has 3 rings (SSSR count). The number of hydrogen-bond donors (Lipinski definition) is 0. The number of carbonyl (C=O) groups excluding carboxylic acids is 2. The van der Waals surface area contributed by atoms with Crippen molar-refractivity contribution < 1.29 is 18.0 Å². The minimum Gasteiger partial charge on any atom is -0.329 e. The van der Waals surface area contributed by atoms with Gasteiger partial charge in [-0.25, -0.2) is 8.42 Å². The molecule has 2 amide bonds. The van der Waals surface area contributed by atoms with Gasteiger partial charge in [0.2, 0.25) is 11.8 Å². The number of piperazine rings is 1. The van der Waals surface area contributed by atoms with Crippen molar-refractivity contribution in [2.75, 3.05) is 18.8 Å². The second kappa shape index (κ2) is 3.81. The summed E-state index contributed by atoms with van der Waals surface area (Å²) in [6.07, 6.45) is 3.03. The lowest BCUT2D eigenvalue weighted by molar-refractivity contribution is -0.154. The topological polar surface area (TPSA) is 74.8 Å². The molecule has 2 saturated heterocycles. The van der Waals surface area contributed by atoms with Gasteiger partial charge in [0, 0.05) is 12.0 Å². The number of fused-ring (bicyclic) bond motifs is 1. The molecule has 0 radical (unpaired) electrons. The van der Waals surface area contributed by atoms with Crippen LogP contribution in [-0.4, -0.2) is 61.0 Å². The van der Waals surface area contributed by atoms with Crippen molar-refractivity contribution in [1.82, 2.24) is 9.80 Å². The third-order valence-electron chi connectivity index (χ3n) is 3.76. The van der Waals surface area contributed by atoms with Crippen molar-refractivity contribution in [2.45, 2.75) is 24.9 Å². The zero-order valence-corrected chi connectivity index (χ0v) is 10.6. The number of hydrogen-bond acceptors (Lipinski definition) is 4. The molecule has 0 aromatic carbocycles. The molecule has 3 aliphatic heterocycles. The van der Waals surface area contributed by atoms with Crippen LogP contribution in [0.4, 0.5) is 0 Å². The smallest absolute Gasteiger partial charge is 0.246 e. The molecule has 0 bridgehead atoms. The van der Waals surface area contributed by atoms with Gasteiger partial charge in [0.15, 0.2) is 9.84 Å². The van der Waals surface area contributed by atoms with Crippen LogP contribution in [0.5, 0.6) is 0 Å². The molecule has 18 heavy (non-hydrogen) atoms. The number of amides is 2. The van der Waals surface area contributed by atoms with Gasteiger partial charge < -0.3 is 9.80 Å². The Morgan fingerprint density at radius 1 is 1.22 bits per heavy atom. The van der Waals surface area contributed by atoms with Crippen molar-refractivity contribution in [1.29, 1.82) is 0 Å². The Labute approximate surface area is 105 Å². The standard InChI is InChI=1S/C11H14N2O4S/c14-10-6-13(8-3-5-18(16,17)7-8)11(15)9-2-1-4-12(9)10/h3,5,8-9H,1-2,4,6-7H2. The Morgan fingerprint density at radius 3 is 2.67 bits per heavy atom. The first-order valence-electron chi connectivity index (χ1n) is 5.99. The lowest BCUT2D eigenvalue weighted by Gasteiger charge is -2.38. The molecular formula is C11H14N2O4S. The summed E-state index contributed by atoms with van der Waals surface area (Å²) in [4.78, 5) is 27.2. The summed E-state index contributed by atoms with van der Waals surface area (Å²) in [6, 6.07) is -0.850. The normalized spacial score (nSPS) is 34.2. The van der Waals surface area contributed by atoms with E-state index in [0.29, 0.717) is 13.0 Å². The van der Waals surface area contributed by atoms with Crippen molar-refractivity contribution in [3.8, 4) is 0 Å². The van der Waals surface area contributed by atoms with E-state index in [9.17, 15) is 18.0 Å². The second-order valence-corrected chi connectivity index (χ2v) is 6.87. The Morgan fingerprint density at radius 2 is 2.00 bits per heavy atom. The van der Waals surface area contributed by atoms with E-state index in [0.717, 1.165) is 11.8 Å². The molecule has 3 aliphatic rings. The van der Waals surface area contributed by atoms with Gasteiger partial charge in [-0.3, -0.25) is 9.59 Å². The van der Waals surface area contributed by atoms with Gasteiger partial charge in [0.25, 0.3) is 0 Å². The summed E-state index contributed by atoms with van der Waals surface area (Å²) in [5, 5.41) is 1.14. The van der Waals surface area contributed by atoms with Crippen LogP contribution in [0.2, 0.25) is 0 Å². The zero-order valence-electron chi connectivity index (χ0n) is 9.78. The van der Waals surface area contributed by atoms with Crippen LogP contribution in [0.3, 0.4) is 0 Å². The van der Waals surface area contributed by atoms with E-state index in [1.807, 2.05) is 0 Å². The van der Waals surface area contributed by atoms with Crippen LogP contribution >= 0.6 is 0 Å². The fourth-order valence-electron chi connectivity index (χ4n) is 2.86. The average molecular weight is 270 g/mol. The number of carbonyl (C=O) groups is 2. The van der Waals surface area contributed by atoms with E-state index < -0.39 is 15.9 Å². The molecule has 2 unspecified atom stereocenters. The summed E-state index contributed by atoms with van der Waals surface area (Å²) in [7, 11) is -3.21. The zero-order chi connectivity index (χ0) is 12.9. The van der Waals surface area contributed by atoms with E-state index >= 15 is 0 Å². The number of sulfone groups is 1. The van der Waals surface area contributed by atoms with Crippen molar-refractivity contribution in [3.05, 3.63) is 11.5 Å². The van der Waals surface area contributed by atoms with Crippen LogP contribution in [0.25, 0.3) is 0 Å². The molecule has 0 N–H and O–H groups in total. The van der Waals surface area contributed by atoms with Crippen LogP contribution < -0.4 is 0 Å². The van der Waals surface area contributed by atoms with Crippen LogP contribution in [0, 0.1) is 0 Å². The predicted molar refractivity (Wildman–Crippen MR) is 63.2 cm³/mol. The fraction of sp³-hybridized carbons (Fsp3) is 0.636. The van der Waals surface area contributed by atoms with E-state index in [4.69, 9.17) is 0 Å². The molecule has 0 aromatic heterocycles. The van der Waals surface area contributed by atoms with Gasteiger partial charge in [0.05, 0.1) is 11.8 Å². The fourth-order valence-corrected chi connectivity index (χ4v) is 4.16. The minimum absolute atomic E-state index is 0.000139. The maximum Gasteiger partial charge on any atom is 0.246 e. The third kappa shape index (κ3) is 1.73. The van der Waals surface area contributed by atoms with Gasteiger partial charge in [-0.1, -0.05) is 0 Å². The van der Waals surface area contributed by atoms with E-state index in [-0.39, 0.29) is 30.2 Å². The van der Waals surface area contributed by atoms with E-state index in [2.05, 4.69) is 0 Å². The summed E-state index contributed by atoms with van der Waals surface area (Å²) in [6.45, 7) is 0.641. The van der Waals surface area contributed by atoms with Gasteiger partial charge >= 0.3 is 0 Å². The third-order valence-corrected chi connectivity index (χ3v) is 5.14. The molecule has 0 spiro atoms. The maximum atomic E-state index is 12.3. The van der Waals surface area contributed by atoms with Gasteiger partial charge in [-0.15, -0.1) is 0 Å². The second-order valence-electron chi connectivity index (χ2n) is 4.94. The monoisotopic (exact) mass is 270 g/mol. The highest BCUT2D eigenvalue weighted by atomic mass is 32.2. The highest BCUT2D eigenvalue weighted by Crippen LogP contribution is 2.26. The summed E-state index contributed by atoms with van der Waals surface area (Å²) in [5.41, 5.74) is 0. The maximum absolute atomic E-state index is 12.3. The van der Waals surface area contributed by atoms with Crippen molar-refractivity contribution >= 4 is 21.7 Å². The van der Waals surface area contributed by atoms with Crippen LogP contribution in [-0.2, 0) is 19.4 Å². The molecule has 6 nitrogen and oxygen atoms in total. The summed E-state index contributed by atoms with van der Waals surface area (Å²) in [5.74, 6) is -0.285. The summed E-state index contributed by atoms with van der Waals surface area (Å²) < 4.78 is 22.8. The predicted octanol–water partition coefficient (Wildman–Crippen LogP) is -0.870. The van der Waals surface area contributed by atoms with Gasteiger partial charge in [-0.05, 0) is 18.9 Å². The van der Waals surface area contributed by atoms with E-state index in [1.165, 1.54) is 11.0 Å². The van der Waals surface area contributed by atoms with Crippen LogP contribution in [0.1, 0.15) is 12.8 Å². The quantitative estimate of drug-likeness (QED) is 0.621.